The second-order valence-electron chi connectivity index (χ2n) is 7.33. The van der Waals surface area contributed by atoms with Gasteiger partial charge in [0.05, 0.1) is 5.56 Å². The smallest absolute Gasteiger partial charge is 0.171 e. The van der Waals surface area contributed by atoms with Crippen LogP contribution in [-0.2, 0) is 0 Å². The Morgan fingerprint density at radius 2 is 1.86 bits per heavy atom. The lowest BCUT2D eigenvalue weighted by molar-refractivity contribution is 0.0853. The lowest BCUT2D eigenvalue weighted by Crippen LogP contribution is -2.33. The van der Waals surface area contributed by atoms with Crippen molar-refractivity contribution in [2.24, 2.45) is 5.41 Å². The van der Waals surface area contributed by atoms with E-state index in [1.54, 1.807) is 0 Å². The van der Waals surface area contributed by atoms with E-state index < -0.39 is 5.41 Å². The van der Waals surface area contributed by atoms with Crippen molar-refractivity contribution in [3.05, 3.63) is 29.3 Å². The summed E-state index contributed by atoms with van der Waals surface area (Å²) in [5.74, 6) is 0.867. The molecule has 0 unspecified atom stereocenters. The molecule has 0 amide bonds. The number of benzene rings is 1. The van der Waals surface area contributed by atoms with Crippen LogP contribution in [0, 0.1) is 12.3 Å². The number of hydrogen-bond donors (Lipinski definition) is 0. The number of piperidine rings is 1. The van der Waals surface area contributed by atoms with Gasteiger partial charge >= 0.3 is 0 Å². The molecule has 1 aromatic carbocycles. The van der Waals surface area contributed by atoms with Crippen molar-refractivity contribution in [1.82, 2.24) is 4.90 Å². The van der Waals surface area contributed by atoms with Crippen molar-refractivity contribution in [3.8, 4) is 5.75 Å². The fraction of sp³-hybridized carbons (Fsp3) is 0.632. The molecule has 0 aliphatic carbocycles. The second-order valence-corrected chi connectivity index (χ2v) is 7.33. The quantitative estimate of drug-likeness (QED) is 0.767. The first-order valence-electron chi connectivity index (χ1n) is 8.38. The highest BCUT2D eigenvalue weighted by Gasteiger charge is 2.26. The zero-order valence-electron chi connectivity index (χ0n) is 14.4. The lowest BCUT2D eigenvalue weighted by atomic mass is 9.86. The average molecular weight is 303 g/mol. The summed E-state index contributed by atoms with van der Waals surface area (Å²) in [6.07, 6.45) is 3.93. The fourth-order valence-corrected chi connectivity index (χ4v) is 2.82. The minimum atomic E-state index is -0.390. The van der Waals surface area contributed by atoms with Crippen LogP contribution >= 0.6 is 0 Å². The summed E-state index contributed by atoms with van der Waals surface area (Å²) in [6, 6.07) is 5.89. The zero-order valence-corrected chi connectivity index (χ0v) is 14.4. The normalized spacial score (nSPS) is 16.5. The molecule has 1 fully saturated rings. The molecule has 3 nitrogen and oxygen atoms in total. The molecule has 1 aliphatic rings. The first kappa shape index (κ1) is 17.0. The van der Waals surface area contributed by atoms with E-state index in [-0.39, 0.29) is 5.78 Å². The van der Waals surface area contributed by atoms with Crippen molar-refractivity contribution < 1.29 is 9.53 Å². The minimum absolute atomic E-state index is 0.143. The van der Waals surface area contributed by atoms with E-state index in [0.29, 0.717) is 12.2 Å². The number of aryl methyl sites for hydroxylation is 1. The molecule has 0 bridgehead atoms. The molecule has 0 saturated carbocycles. The third-order valence-electron chi connectivity index (χ3n) is 4.17. The number of likely N-dealkylation sites (tertiary alicyclic amines) is 1. The minimum Gasteiger partial charge on any atom is -0.491 e. The number of ether oxygens (including phenoxy) is 1. The second kappa shape index (κ2) is 7.28. The Morgan fingerprint density at radius 3 is 2.50 bits per heavy atom. The van der Waals surface area contributed by atoms with Gasteiger partial charge in [0.2, 0.25) is 0 Å². The number of rotatable bonds is 5. The molecule has 0 spiro atoms. The van der Waals surface area contributed by atoms with E-state index in [9.17, 15) is 4.79 Å². The Kier molecular flexibility index (Phi) is 5.63. The van der Waals surface area contributed by atoms with Crippen LogP contribution in [-0.4, -0.2) is 36.9 Å². The van der Waals surface area contributed by atoms with E-state index in [4.69, 9.17) is 4.74 Å². The maximum absolute atomic E-state index is 12.6. The Bertz CT molecular complexity index is 511. The van der Waals surface area contributed by atoms with Crippen molar-refractivity contribution in [2.45, 2.75) is 47.0 Å². The Labute approximate surface area is 134 Å². The molecule has 22 heavy (non-hydrogen) atoms. The summed E-state index contributed by atoms with van der Waals surface area (Å²) >= 11 is 0. The predicted octanol–water partition coefficient (Wildman–Crippen LogP) is 4.09. The van der Waals surface area contributed by atoms with Gasteiger partial charge in [-0.1, -0.05) is 38.8 Å². The maximum Gasteiger partial charge on any atom is 0.171 e. The summed E-state index contributed by atoms with van der Waals surface area (Å²) in [5, 5.41) is 0. The first-order chi connectivity index (χ1) is 10.4. The summed E-state index contributed by atoms with van der Waals surface area (Å²) in [5.41, 5.74) is 1.42. The number of ketones is 1. The first-order valence-corrected chi connectivity index (χ1v) is 8.38. The van der Waals surface area contributed by atoms with Gasteiger partial charge in [-0.25, -0.2) is 0 Å². The molecule has 0 N–H and O–H groups in total. The summed E-state index contributed by atoms with van der Waals surface area (Å²) < 4.78 is 5.95. The van der Waals surface area contributed by atoms with Gasteiger partial charge in [0.15, 0.2) is 5.78 Å². The highest BCUT2D eigenvalue weighted by Crippen LogP contribution is 2.28. The number of hydrogen-bond acceptors (Lipinski definition) is 3. The van der Waals surface area contributed by atoms with E-state index in [1.807, 2.05) is 45.9 Å². The van der Waals surface area contributed by atoms with Gasteiger partial charge in [-0.3, -0.25) is 9.69 Å². The molecule has 1 aromatic rings. The van der Waals surface area contributed by atoms with Gasteiger partial charge in [-0.15, -0.1) is 0 Å². The van der Waals surface area contributed by atoms with Crippen LogP contribution in [0.4, 0.5) is 0 Å². The van der Waals surface area contributed by atoms with Gasteiger partial charge in [-0.2, -0.15) is 0 Å². The molecule has 0 atom stereocenters. The molecule has 3 heteroatoms. The SMILES string of the molecule is Cc1ccc(OCCN2CCCCC2)c(C(=O)C(C)(C)C)c1. The maximum atomic E-state index is 12.6. The van der Waals surface area contributed by atoms with E-state index in [1.165, 1.54) is 32.4 Å². The average Bonchev–Trinajstić information content (AvgIpc) is 2.48. The van der Waals surface area contributed by atoms with E-state index in [2.05, 4.69) is 4.90 Å². The van der Waals surface area contributed by atoms with Gasteiger partial charge in [-0.05, 0) is 45.0 Å². The van der Waals surface area contributed by atoms with Gasteiger partial charge in [0, 0.05) is 12.0 Å². The molecule has 1 aliphatic heterocycles. The third kappa shape index (κ3) is 4.57. The zero-order chi connectivity index (χ0) is 16.2. The molecular formula is C19H29NO2. The number of carbonyl (C=O) groups excluding carboxylic acids is 1. The lowest BCUT2D eigenvalue weighted by Gasteiger charge is -2.26. The van der Waals surface area contributed by atoms with E-state index >= 15 is 0 Å². The Hall–Kier alpha value is -1.35. The third-order valence-corrected chi connectivity index (χ3v) is 4.17. The standard InChI is InChI=1S/C19H29NO2/c1-15-8-9-17(16(14-15)18(21)19(2,3)4)22-13-12-20-10-6-5-7-11-20/h8-9,14H,5-7,10-13H2,1-4H3. The van der Waals surface area contributed by atoms with Crippen LogP contribution in [0.1, 0.15) is 56.0 Å². The van der Waals surface area contributed by atoms with Crippen LogP contribution in [0.3, 0.4) is 0 Å². The van der Waals surface area contributed by atoms with Crippen molar-refractivity contribution in [1.29, 1.82) is 0 Å². The predicted molar refractivity (Wildman–Crippen MR) is 90.8 cm³/mol. The Morgan fingerprint density at radius 1 is 1.18 bits per heavy atom. The number of carbonyl (C=O) groups is 1. The monoisotopic (exact) mass is 303 g/mol. The molecule has 2 rings (SSSR count). The van der Waals surface area contributed by atoms with Crippen LogP contribution in [0.25, 0.3) is 0 Å². The summed E-state index contributed by atoms with van der Waals surface area (Å²) in [6.45, 7) is 11.8. The van der Waals surface area contributed by atoms with Crippen LogP contribution in [0.2, 0.25) is 0 Å². The van der Waals surface area contributed by atoms with Gasteiger partial charge in [0.1, 0.15) is 12.4 Å². The molecular weight excluding hydrogens is 274 g/mol. The number of nitrogens with zero attached hydrogens (tertiary/aromatic N) is 1. The topological polar surface area (TPSA) is 29.5 Å². The Balaban J connectivity index is 2.02. The highest BCUT2D eigenvalue weighted by atomic mass is 16.5. The van der Waals surface area contributed by atoms with E-state index in [0.717, 1.165) is 17.9 Å². The van der Waals surface area contributed by atoms with Crippen LogP contribution in [0.15, 0.2) is 18.2 Å². The van der Waals surface area contributed by atoms with Gasteiger partial charge < -0.3 is 4.74 Å². The van der Waals surface area contributed by atoms with Crippen molar-refractivity contribution in [3.63, 3.8) is 0 Å². The summed E-state index contributed by atoms with van der Waals surface area (Å²) in [7, 11) is 0. The molecule has 0 radical (unpaired) electrons. The van der Waals surface area contributed by atoms with Gasteiger partial charge in [0.25, 0.3) is 0 Å². The number of Topliss-reactive ketones (excluding diaryl/α,β-unsaturated/α-hetero) is 1. The highest BCUT2D eigenvalue weighted by molar-refractivity contribution is 6.02. The van der Waals surface area contributed by atoms with Crippen molar-refractivity contribution in [2.75, 3.05) is 26.2 Å². The van der Waals surface area contributed by atoms with Crippen LogP contribution in [0.5, 0.6) is 5.75 Å². The molecule has 1 saturated heterocycles. The van der Waals surface area contributed by atoms with Crippen LogP contribution < -0.4 is 4.74 Å². The molecule has 122 valence electrons. The largest absolute Gasteiger partial charge is 0.491 e. The molecule has 0 aromatic heterocycles. The van der Waals surface area contributed by atoms with Crippen molar-refractivity contribution >= 4 is 5.78 Å². The molecule has 1 heterocycles. The summed E-state index contributed by atoms with van der Waals surface area (Å²) in [4.78, 5) is 15.1. The fourth-order valence-electron chi connectivity index (χ4n) is 2.82.